The Morgan fingerprint density at radius 3 is 2.56 bits per heavy atom. The van der Waals surface area contributed by atoms with Crippen LogP contribution in [-0.4, -0.2) is 56.1 Å². The van der Waals surface area contributed by atoms with Gasteiger partial charge in [-0.15, -0.1) is 0 Å². The van der Waals surface area contributed by atoms with E-state index in [1.165, 1.54) is 12.1 Å². The first kappa shape index (κ1) is 25.7. The number of hydrogen-bond acceptors (Lipinski definition) is 6. The fourth-order valence-corrected chi connectivity index (χ4v) is 4.49. The van der Waals surface area contributed by atoms with E-state index in [0.717, 1.165) is 25.3 Å². The number of rotatable bonds is 11. The molecule has 0 bridgehead atoms. The molecule has 4 rings (SSSR count). The fourth-order valence-electron chi connectivity index (χ4n) is 4.49. The minimum Gasteiger partial charge on any atom is -0.490 e. The minimum absolute atomic E-state index is 0.000663. The van der Waals surface area contributed by atoms with Gasteiger partial charge in [0.15, 0.2) is 16.9 Å². The van der Waals surface area contributed by atoms with E-state index in [2.05, 4.69) is 6.92 Å². The van der Waals surface area contributed by atoms with Crippen LogP contribution in [0.3, 0.4) is 0 Å². The number of likely N-dealkylation sites (N-methyl/N-ethyl adjacent to an activating group) is 1. The summed E-state index contributed by atoms with van der Waals surface area (Å²) >= 11 is 0. The highest BCUT2D eigenvalue weighted by Crippen LogP contribution is 2.41. The second-order valence-electron chi connectivity index (χ2n) is 9.21. The van der Waals surface area contributed by atoms with Crippen molar-refractivity contribution in [2.45, 2.75) is 39.2 Å². The lowest BCUT2D eigenvalue weighted by Gasteiger charge is -2.27. The zero-order chi connectivity index (χ0) is 25.8. The van der Waals surface area contributed by atoms with Gasteiger partial charge in [0.25, 0.3) is 5.91 Å². The molecule has 2 heterocycles. The van der Waals surface area contributed by atoms with Crippen molar-refractivity contribution in [3.8, 4) is 11.5 Å². The first-order valence-corrected chi connectivity index (χ1v) is 12.5. The summed E-state index contributed by atoms with van der Waals surface area (Å²) < 4.78 is 31.7. The lowest BCUT2D eigenvalue weighted by atomic mass is 9.98. The number of fused-ring (bicyclic) bond motifs is 2. The summed E-state index contributed by atoms with van der Waals surface area (Å²) in [7, 11) is 3.84. The molecule has 0 fully saturated rings. The molecule has 2 aromatic carbocycles. The molecule has 1 unspecified atom stereocenters. The van der Waals surface area contributed by atoms with Crippen LogP contribution in [0.2, 0.25) is 0 Å². The number of hydrogen-bond donors (Lipinski definition) is 0. The van der Waals surface area contributed by atoms with Gasteiger partial charge < -0.3 is 23.7 Å². The van der Waals surface area contributed by atoms with E-state index in [1.54, 1.807) is 4.90 Å². The van der Waals surface area contributed by atoms with E-state index in [0.29, 0.717) is 43.4 Å². The van der Waals surface area contributed by atoms with Gasteiger partial charge in [-0.3, -0.25) is 9.59 Å². The highest BCUT2D eigenvalue weighted by molar-refractivity contribution is 5.99. The number of carbonyl (C=O) groups excluding carboxylic acids is 1. The van der Waals surface area contributed by atoms with E-state index in [-0.39, 0.29) is 28.2 Å². The molecule has 36 heavy (non-hydrogen) atoms. The Labute approximate surface area is 210 Å². The van der Waals surface area contributed by atoms with Crippen molar-refractivity contribution in [1.29, 1.82) is 0 Å². The van der Waals surface area contributed by atoms with Gasteiger partial charge in [0.05, 0.1) is 30.2 Å². The number of nitrogens with zero attached hydrogens (tertiary/aromatic N) is 2. The van der Waals surface area contributed by atoms with Crippen LogP contribution < -0.4 is 14.9 Å². The highest BCUT2D eigenvalue weighted by Gasteiger charge is 2.42. The summed E-state index contributed by atoms with van der Waals surface area (Å²) in [5.74, 6) is 0.270. The third-order valence-corrected chi connectivity index (χ3v) is 6.30. The second-order valence-corrected chi connectivity index (χ2v) is 9.21. The average Bonchev–Trinajstić information content (AvgIpc) is 3.13. The van der Waals surface area contributed by atoms with E-state index in [9.17, 15) is 14.0 Å². The zero-order valence-corrected chi connectivity index (χ0v) is 21.3. The average molecular weight is 497 g/mol. The number of benzene rings is 2. The Morgan fingerprint density at radius 1 is 1.03 bits per heavy atom. The Bertz CT molecular complexity index is 1300. The summed E-state index contributed by atoms with van der Waals surface area (Å²) in [6, 6.07) is 8.56. The molecule has 0 aliphatic carbocycles. The Hall–Kier alpha value is -3.39. The monoisotopic (exact) mass is 496 g/mol. The minimum atomic E-state index is -0.690. The molecular formula is C28H33FN2O5. The van der Waals surface area contributed by atoms with Gasteiger partial charge in [0, 0.05) is 13.1 Å². The van der Waals surface area contributed by atoms with E-state index < -0.39 is 17.3 Å². The molecule has 7 nitrogen and oxygen atoms in total. The van der Waals surface area contributed by atoms with Crippen LogP contribution in [0.1, 0.15) is 60.8 Å². The molecule has 0 N–H and O–H groups in total. The van der Waals surface area contributed by atoms with E-state index in [1.807, 2.05) is 44.1 Å². The summed E-state index contributed by atoms with van der Waals surface area (Å²) in [5.41, 5.74) is 0.700. The summed E-state index contributed by atoms with van der Waals surface area (Å²) in [5, 5.41) is 0.113. The third-order valence-electron chi connectivity index (χ3n) is 6.30. The molecule has 1 aromatic heterocycles. The lowest BCUT2D eigenvalue weighted by molar-refractivity contribution is 0.0716. The number of unbranched alkanes of at least 4 members (excludes halogenated alkanes) is 2. The second kappa shape index (κ2) is 11.1. The molecule has 192 valence electrons. The van der Waals surface area contributed by atoms with Crippen molar-refractivity contribution in [3.05, 3.63) is 69.3 Å². The van der Waals surface area contributed by atoms with Crippen LogP contribution in [-0.2, 0) is 0 Å². The topological polar surface area (TPSA) is 72.2 Å². The fraction of sp³-hybridized carbons (Fsp3) is 0.429. The molecule has 8 heteroatoms. The van der Waals surface area contributed by atoms with Crippen molar-refractivity contribution >= 4 is 16.9 Å². The van der Waals surface area contributed by atoms with Crippen molar-refractivity contribution in [3.63, 3.8) is 0 Å². The maximum Gasteiger partial charge on any atom is 0.290 e. The molecule has 1 atom stereocenters. The van der Waals surface area contributed by atoms with Gasteiger partial charge in [0.2, 0.25) is 5.76 Å². The molecular weight excluding hydrogens is 463 g/mol. The van der Waals surface area contributed by atoms with Crippen molar-refractivity contribution in [1.82, 2.24) is 9.80 Å². The molecule has 1 amide bonds. The molecule has 0 radical (unpaired) electrons. The molecule has 1 aliphatic rings. The number of amides is 1. The maximum atomic E-state index is 14.0. The van der Waals surface area contributed by atoms with Gasteiger partial charge in [-0.1, -0.05) is 25.8 Å². The number of ether oxygens (including phenoxy) is 2. The molecule has 0 saturated carbocycles. The van der Waals surface area contributed by atoms with Gasteiger partial charge in [-0.2, -0.15) is 0 Å². The standard InChI is InChI=1S/C28H33FN2O5/c1-5-7-8-15-35-22-11-9-18(16-23(22)34-6-2)25-24-26(32)20-17-19(29)10-12-21(20)36-27(24)28(33)31(25)14-13-30(3)4/h9-12,16-17,25H,5-8,13-15H2,1-4H3. The van der Waals surface area contributed by atoms with Crippen LogP contribution in [0, 0.1) is 5.82 Å². The summed E-state index contributed by atoms with van der Waals surface area (Å²) in [4.78, 5) is 30.7. The Kier molecular flexibility index (Phi) is 7.94. The first-order chi connectivity index (χ1) is 17.3. The lowest BCUT2D eigenvalue weighted by Crippen LogP contribution is -2.35. The summed E-state index contributed by atoms with van der Waals surface area (Å²) in [6.07, 6.45) is 3.12. The quantitative estimate of drug-likeness (QED) is 0.348. The van der Waals surface area contributed by atoms with Crippen LogP contribution in [0.25, 0.3) is 11.0 Å². The zero-order valence-electron chi connectivity index (χ0n) is 21.3. The van der Waals surface area contributed by atoms with Gasteiger partial charge in [-0.25, -0.2) is 4.39 Å². The maximum absolute atomic E-state index is 14.0. The van der Waals surface area contributed by atoms with E-state index >= 15 is 0 Å². The number of carbonyl (C=O) groups is 1. The Balaban J connectivity index is 1.82. The highest BCUT2D eigenvalue weighted by atomic mass is 19.1. The Morgan fingerprint density at radius 2 is 1.83 bits per heavy atom. The van der Waals surface area contributed by atoms with Crippen LogP contribution >= 0.6 is 0 Å². The van der Waals surface area contributed by atoms with Crippen LogP contribution in [0.5, 0.6) is 11.5 Å². The van der Waals surface area contributed by atoms with Gasteiger partial charge in [0.1, 0.15) is 11.4 Å². The normalized spacial score (nSPS) is 15.1. The first-order valence-electron chi connectivity index (χ1n) is 12.5. The molecule has 1 aliphatic heterocycles. The SMILES string of the molecule is CCCCCOc1ccc(C2c3c(oc4ccc(F)cc4c3=O)C(=O)N2CCN(C)C)cc1OCC. The van der Waals surface area contributed by atoms with Crippen molar-refractivity contribution < 1.29 is 23.1 Å². The molecule has 0 spiro atoms. The van der Waals surface area contributed by atoms with Gasteiger partial charge >= 0.3 is 0 Å². The predicted molar refractivity (Wildman–Crippen MR) is 137 cm³/mol. The van der Waals surface area contributed by atoms with Crippen LogP contribution in [0.15, 0.2) is 45.6 Å². The molecule has 0 saturated heterocycles. The molecule has 3 aromatic rings. The summed E-state index contributed by atoms with van der Waals surface area (Å²) in [6.45, 7) is 6.01. The van der Waals surface area contributed by atoms with E-state index in [4.69, 9.17) is 13.9 Å². The predicted octanol–water partition coefficient (Wildman–Crippen LogP) is 5.01. The van der Waals surface area contributed by atoms with Crippen molar-refractivity contribution in [2.75, 3.05) is 40.4 Å². The largest absolute Gasteiger partial charge is 0.490 e. The third kappa shape index (κ3) is 5.09. The van der Waals surface area contributed by atoms with Gasteiger partial charge in [-0.05, 0) is 63.3 Å². The number of halogens is 1. The smallest absolute Gasteiger partial charge is 0.290 e. The van der Waals surface area contributed by atoms with Crippen molar-refractivity contribution in [2.24, 2.45) is 0 Å². The van der Waals surface area contributed by atoms with Crippen LogP contribution in [0.4, 0.5) is 4.39 Å².